The Morgan fingerprint density at radius 3 is 2.50 bits per heavy atom. The molecule has 1 aromatic rings. The summed E-state index contributed by atoms with van der Waals surface area (Å²) in [6, 6.07) is 7.97. The fraction of sp³-hybridized carbons (Fsp3) is 0.500. The van der Waals surface area contributed by atoms with Gasteiger partial charge < -0.3 is 5.32 Å². The van der Waals surface area contributed by atoms with Gasteiger partial charge in [-0.1, -0.05) is 30.8 Å². The second kappa shape index (κ2) is 5.15. The maximum Gasteiger partial charge on any atom is 0.288 e. The average Bonchev–Trinajstić information content (AvgIpc) is 2.93. The van der Waals surface area contributed by atoms with Crippen LogP contribution in [0.1, 0.15) is 18.9 Å². The maximum absolute atomic E-state index is 12.1. The van der Waals surface area contributed by atoms with Gasteiger partial charge in [-0.2, -0.15) is 8.78 Å². The first-order chi connectivity index (χ1) is 7.65. The van der Waals surface area contributed by atoms with Crippen LogP contribution in [0.15, 0.2) is 29.2 Å². The van der Waals surface area contributed by atoms with Crippen molar-refractivity contribution in [3.05, 3.63) is 29.8 Å². The summed E-state index contributed by atoms with van der Waals surface area (Å²) in [7, 11) is 0. The second-order valence-corrected chi connectivity index (χ2v) is 5.29. The molecule has 0 aromatic heterocycles. The second-order valence-electron chi connectivity index (χ2n) is 4.22. The summed E-state index contributed by atoms with van der Waals surface area (Å²) in [6.45, 7) is 3.05. The molecule has 0 radical (unpaired) electrons. The highest BCUT2D eigenvalue weighted by Crippen LogP contribution is 2.29. The van der Waals surface area contributed by atoms with Crippen molar-refractivity contribution < 1.29 is 8.78 Å². The first-order valence-corrected chi connectivity index (χ1v) is 6.30. The number of alkyl halides is 2. The number of benzene rings is 1. The predicted molar refractivity (Wildman–Crippen MR) is 62.7 cm³/mol. The number of hydrogen-bond donors (Lipinski definition) is 1. The van der Waals surface area contributed by atoms with E-state index in [1.807, 2.05) is 12.1 Å². The molecule has 0 saturated heterocycles. The molecule has 2 rings (SSSR count). The zero-order chi connectivity index (χ0) is 11.5. The van der Waals surface area contributed by atoms with Gasteiger partial charge in [0.25, 0.3) is 5.76 Å². The molecular weight excluding hydrogens is 228 g/mol. The van der Waals surface area contributed by atoms with Crippen LogP contribution in [0, 0.1) is 5.92 Å². The largest absolute Gasteiger partial charge is 0.310 e. The average molecular weight is 243 g/mol. The Morgan fingerprint density at radius 1 is 1.38 bits per heavy atom. The number of thioether (sulfide) groups is 1. The van der Waals surface area contributed by atoms with E-state index in [-0.39, 0.29) is 0 Å². The van der Waals surface area contributed by atoms with E-state index < -0.39 is 5.76 Å². The van der Waals surface area contributed by atoms with Crippen LogP contribution >= 0.6 is 11.8 Å². The molecule has 0 spiro atoms. The summed E-state index contributed by atoms with van der Waals surface area (Å²) in [5, 5.41) is 3.43. The normalized spacial score (nSPS) is 23.8. The fourth-order valence-corrected chi connectivity index (χ4v) is 2.14. The molecule has 1 aliphatic carbocycles. The van der Waals surface area contributed by atoms with E-state index in [2.05, 4.69) is 12.2 Å². The molecule has 4 heteroatoms. The van der Waals surface area contributed by atoms with Gasteiger partial charge in [-0.05, 0) is 30.0 Å². The summed E-state index contributed by atoms with van der Waals surface area (Å²) in [5.74, 6) is -1.55. The SMILES string of the molecule is CC1CC1NCc1ccc(SC(F)F)cc1. The van der Waals surface area contributed by atoms with Crippen LogP contribution in [0.5, 0.6) is 0 Å². The Balaban J connectivity index is 1.82. The molecule has 1 aromatic carbocycles. The van der Waals surface area contributed by atoms with Crippen molar-refractivity contribution in [2.45, 2.75) is 36.6 Å². The highest BCUT2D eigenvalue weighted by Gasteiger charge is 2.31. The lowest BCUT2D eigenvalue weighted by Crippen LogP contribution is -2.16. The van der Waals surface area contributed by atoms with Gasteiger partial charge in [0.1, 0.15) is 0 Å². The van der Waals surface area contributed by atoms with Gasteiger partial charge in [-0.15, -0.1) is 0 Å². The van der Waals surface area contributed by atoms with Gasteiger partial charge in [-0.3, -0.25) is 0 Å². The number of hydrogen-bond acceptors (Lipinski definition) is 2. The van der Waals surface area contributed by atoms with E-state index in [4.69, 9.17) is 0 Å². The lowest BCUT2D eigenvalue weighted by Gasteiger charge is -2.05. The smallest absolute Gasteiger partial charge is 0.288 e. The summed E-state index contributed by atoms with van der Waals surface area (Å²) < 4.78 is 24.2. The highest BCUT2D eigenvalue weighted by molar-refractivity contribution is 7.99. The minimum Gasteiger partial charge on any atom is -0.310 e. The Hall–Kier alpha value is -0.610. The minimum atomic E-state index is -2.34. The van der Waals surface area contributed by atoms with Crippen LogP contribution in [-0.4, -0.2) is 11.8 Å². The van der Waals surface area contributed by atoms with Gasteiger partial charge in [0, 0.05) is 17.5 Å². The van der Waals surface area contributed by atoms with Gasteiger partial charge in [-0.25, -0.2) is 0 Å². The zero-order valence-corrected chi connectivity index (χ0v) is 9.94. The molecule has 88 valence electrons. The lowest BCUT2D eigenvalue weighted by molar-refractivity contribution is 0.252. The van der Waals surface area contributed by atoms with Gasteiger partial charge >= 0.3 is 0 Å². The fourth-order valence-electron chi connectivity index (χ4n) is 1.64. The summed E-state index contributed by atoms with van der Waals surface area (Å²) >= 11 is 0.591. The number of nitrogens with one attached hydrogen (secondary N) is 1. The lowest BCUT2D eigenvalue weighted by atomic mass is 10.2. The molecule has 1 N–H and O–H groups in total. The highest BCUT2D eigenvalue weighted by atomic mass is 32.2. The van der Waals surface area contributed by atoms with Crippen LogP contribution in [0.25, 0.3) is 0 Å². The molecule has 0 bridgehead atoms. The first kappa shape index (κ1) is 11.9. The molecule has 16 heavy (non-hydrogen) atoms. The monoisotopic (exact) mass is 243 g/mol. The quantitative estimate of drug-likeness (QED) is 0.794. The standard InChI is InChI=1S/C12H15F2NS/c1-8-6-11(8)15-7-9-2-4-10(5-3-9)16-12(13)14/h2-5,8,11-12,15H,6-7H2,1H3. The Labute approximate surface area is 98.6 Å². The van der Waals surface area contributed by atoms with Crippen molar-refractivity contribution in [2.24, 2.45) is 5.92 Å². The predicted octanol–water partition coefficient (Wildman–Crippen LogP) is 3.50. The Kier molecular flexibility index (Phi) is 3.82. The van der Waals surface area contributed by atoms with Crippen LogP contribution in [0.2, 0.25) is 0 Å². The molecule has 0 amide bonds. The third-order valence-corrected chi connectivity index (χ3v) is 3.55. The van der Waals surface area contributed by atoms with Crippen LogP contribution < -0.4 is 5.32 Å². The zero-order valence-electron chi connectivity index (χ0n) is 9.12. The molecule has 0 heterocycles. The maximum atomic E-state index is 12.1. The van der Waals surface area contributed by atoms with Crippen LogP contribution in [-0.2, 0) is 6.54 Å². The molecular formula is C12H15F2NS. The molecule has 1 aliphatic rings. The van der Waals surface area contributed by atoms with Crippen molar-refractivity contribution in [3.63, 3.8) is 0 Å². The Morgan fingerprint density at radius 2 is 2.00 bits per heavy atom. The van der Waals surface area contributed by atoms with Crippen molar-refractivity contribution in [2.75, 3.05) is 0 Å². The first-order valence-electron chi connectivity index (χ1n) is 5.42. The van der Waals surface area contributed by atoms with Crippen molar-refractivity contribution in [1.82, 2.24) is 5.32 Å². The van der Waals surface area contributed by atoms with E-state index in [0.717, 1.165) is 18.0 Å². The van der Waals surface area contributed by atoms with E-state index in [1.165, 1.54) is 6.42 Å². The molecule has 1 fully saturated rings. The Bertz CT molecular complexity index is 339. The third-order valence-electron chi connectivity index (χ3n) is 2.83. The molecule has 1 saturated carbocycles. The van der Waals surface area contributed by atoms with Gasteiger partial charge in [0.05, 0.1) is 0 Å². The number of halogens is 2. The van der Waals surface area contributed by atoms with Crippen molar-refractivity contribution in [1.29, 1.82) is 0 Å². The summed E-state index contributed by atoms with van der Waals surface area (Å²) in [5.41, 5.74) is 1.15. The number of rotatable bonds is 5. The van der Waals surface area contributed by atoms with E-state index in [9.17, 15) is 8.78 Å². The van der Waals surface area contributed by atoms with Gasteiger partial charge in [0.2, 0.25) is 0 Å². The molecule has 2 atom stereocenters. The molecule has 1 nitrogen and oxygen atoms in total. The van der Waals surface area contributed by atoms with E-state index >= 15 is 0 Å². The third kappa shape index (κ3) is 3.46. The molecule has 2 unspecified atom stereocenters. The van der Waals surface area contributed by atoms with Crippen molar-refractivity contribution >= 4 is 11.8 Å². The topological polar surface area (TPSA) is 12.0 Å². The van der Waals surface area contributed by atoms with Crippen LogP contribution in [0.3, 0.4) is 0 Å². The molecule has 0 aliphatic heterocycles. The van der Waals surface area contributed by atoms with E-state index in [0.29, 0.717) is 22.7 Å². The van der Waals surface area contributed by atoms with Crippen molar-refractivity contribution in [3.8, 4) is 0 Å². The summed E-state index contributed by atoms with van der Waals surface area (Å²) in [6.07, 6.45) is 1.25. The minimum absolute atomic E-state index is 0.591. The summed E-state index contributed by atoms with van der Waals surface area (Å²) in [4.78, 5) is 0.624. The van der Waals surface area contributed by atoms with E-state index in [1.54, 1.807) is 12.1 Å². The van der Waals surface area contributed by atoms with Gasteiger partial charge in [0.15, 0.2) is 0 Å². The van der Waals surface area contributed by atoms with Crippen LogP contribution in [0.4, 0.5) is 8.78 Å².